The molecular weight excluding hydrogens is 372 g/mol. The number of hydrogen-bond donors (Lipinski definition) is 0. The number of piperidine rings is 1. The van der Waals surface area contributed by atoms with E-state index < -0.39 is 5.41 Å². The highest BCUT2D eigenvalue weighted by Crippen LogP contribution is 2.39. The summed E-state index contributed by atoms with van der Waals surface area (Å²) >= 11 is 0. The Morgan fingerprint density at radius 3 is 1.83 bits per heavy atom. The summed E-state index contributed by atoms with van der Waals surface area (Å²) in [6.45, 7) is 9.69. The third-order valence-electron chi connectivity index (χ3n) is 6.52. The molecule has 4 rings (SSSR count). The molecule has 2 saturated heterocycles. The summed E-state index contributed by atoms with van der Waals surface area (Å²) in [5.74, 6) is 1.32. The fourth-order valence-electron chi connectivity index (χ4n) is 4.64. The molecule has 160 valence electrons. The highest BCUT2D eigenvalue weighted by molar-refractivity contribution is 5.75. The molecule has 2 aromatic carbocycles. The predicted molar refractivity (Wildman–Crippen MR) is 120 cm³/mol. The molecule has 0 saturated carbocycles. The molecule has 2 fully saturated rings. The Morgan fingerprint density at radius 1 is 0.867 bits per heavy atom. The normalized spacial score (nSPS) is 19.6. The van der Waals surface area contributed by atoms with Crippen molar-refractivity contribution in [1.29, 1.82) is 0 Å². The Hall–Kier alpha value is -2.17. The van der Waals surface area contributed by atoms with Crippen molar-refractivity contribution >= 4 is 5.97 Å². The van der Waals surface area contributed by atoms with E-state index in [0.717, 1.165) is 50.9 Å². The number of rotatable bonds is 5. The van der Waals surface area contributed by atoms with Crippen LogP contribution in [0.1, 0.15) is 50.8 Å². The van der Waals surface area contributed by atoms with Crippen LogP contribution in [0.15, 0.2) is 60.7 Å². The van der Waals surface area contributed by atoms with E-state index in [-0.39, 0.29) is 5.97 Å². The largest absolute Gasteiger partial charge is 0.367 e. The first kappa shape index (κ1) is 21.1. The Morgan fingerprint density at radius 2 is 1.37 bits per heavy atom. The second-order valence-electron chi connectivity index (χ2n) is 9.83. The molecule has 0 atom stereocenters. The van der Waals surface area contributed by atoms with E-state index in [0.29, 0.717) is 6.04 Å². The van der Waals surface area contributed by atoms with Crippen molar-refractivity contribution in [3.8, 4) is 0 Å². The van der Waals surface area contributed by atoms with Crippen molar-refractivity contribution in [2.24, 2.45) is 17.3 Å². The first-order chi connectivity index (χ1) is 14.4. The highest BCUT2D eigenvalue weighted by atomic mass is 16.7. The van der Waals surface area contributed by atoms with E-state index in [4.69, 9.17) is 4.84 Å². The topological polar surface area (TPSA) is 32.8 Å². The maximum Gasteiger partial charge on any atom is 0.330 e. The lowest BCUT2D eigenvalue weighted by atomic mass is 9.78. The minimum Gasteiger partial charge on any atom is -0.367 e. The van der Waals surface area contributed by atoms with E-state index in [1.54, 1.807) is 0 Å². The number of benzene rings is 2. The molecule has 0 radical (unpaired) electrons. The molecule has 0 spiro atoms. The Kier molecular flexibility index (Phi) is 6.26. The van der Waals surface area contributed by atoms with Crippen LogP contribution in [0.5, 0.6) is 0 Å². The van der Waals surface area contributed by atoms with Gasteiger partial charge in [-0.1, -0.05) is 60.7 Å². The lowest BCUT2D eigenvalue weighted by Crippen LogP contribution is -2.53. The zero-order valence-electron chi connectivity index (χ0n) is 18.5. The van der Waals surface area contributed by atoms with Crippen LogP contribution in [-0.4, -0.2) is 42.1 Å². The van der Waals surface area contributed by atoms with E-state index in [1.807, 2.05) is 25.8 Å². The zero-order valence-corrected chi connectivity index (χ0v) is 18.5. The third-order valence-corrected chi connectivity index (χ3v) is 6.52. The predicted octanol–water partition coefficient (Wildman–Crippen LogP) is 4.92. The quantitative estimate of drug-likeness (QED) is 0.705. The van der Waals surface area contributed by atoms with Crippen LogP contribution in [0.25, 0.3) is 0 Å². The van der Waals surface area contributed by atoms with Gasteiger partial charge in [-0.05, 0) is 56.6 Å². The van der Waals surface area contributed by atoms with Crippen LogP contribution in [0.4, 0.5) is 0 Å². The maximum atomic E-state index is 12.1. The summed E-state index contributed by atoms with van der Waals surface area (Å²) in [6.07, 6.45) is 2.22. The van der Waals surface area contributed by atoms with E-state index in [2.05, 4.69) is 65.6 Å². The van der Waals surface area contributed by atoms with Gasteiger partial charge < -0.3 is 4.84 Å². The van der Waals surface area contributed by atoms with Gasteiger partial charge in [-0.15, -0.1) is 5.06 Å². The number of hydroxylamine groups is 2. The van der Waals surface area contributed by atoms with E-state index >= 15 is 0 Å². The standard InChI is InChI=1S/C26H34N2O2/c1-26(2,3)25(29)30-28-16-14-20(15-17-28)23-18-27(19-23)24(21-10-6-4-7-11-21)22-12-8-5-9-13-22/h4-13,20,23-24H,14-19H2,1-3H3. The summed E-state index contributed by atoms with van der Waals surface area (Å²) in [5.41, 5.74) is 2.28. The Labute approximate surface area is 180 Å². The smallest absolute Gasteiger partial charge is 0.330 e. The van der Waals surface area contributed by atoms with Gasteiger partial charge in [0.15, 0.2) is 0 Å². The number of hydrogen-bond acceptors (Lipinski definition) is 4. The van der Waals surface area contributed by atoms with Crippen molar-refractivity contribution in [3.63, 3.8) is 0 Å². The van der Waals surface area contributed by atoms with Gasteiger partial charge in [0.2, 0.25) is 0 Å². The maximum absolute atomic E-state index is 12.1. The Bertz CT molecular complexity index is 778. The molecule has 0 amide bonds. The van der Waals surface area contributed by atoms with Crippen LogP contribution >= 0.6 is 0 Å². The number of carbonyl (C=O) groups excluding carboxylic acids is 1. The number of carbonyl (C=O) groups is 1. The molecule has 4 nitrogen and oxygen atoms in total. The minimum absolute atomic E-state index is 0.135. The summed E-state index contributed by atoms with van der Waals surface area (Å²) in [7, 11) is 0. The van der Waals surface area contributed by atoms with Gasteiger partial charge in [0.25, 0.3) is 0 Å². The molecule has 4 heteroatoms. The molecule has 0 bridgehead atoms. The number of likely N-dealkylation sites (tertiary alicyclic amines) is 1. The van der Waals surface area contributed by atoms with Crippen LogP contribution in [0, 0.1) is 17.3 Å². The fourth-order valence-corrected chi connectivity index (χ4v) is 4.64. The molecule has 2 aliphatic rings. The van der Waals surface area contributed by atoms with Gasteiger partial charge in [-0.2, -0.15) is 0 Å². The monoisotopic (exact) mass is 406 g/mol. The average Bonchev–Trinajstić information content (AvgIpc) is 2.72. The molecule has 2 aromatic rings. The van der Waals surface area contributed by atoms with Crippen molar-refractivity contribution < 1.29 is 9.63 Å². The highest BCUT2D eigenvalue weighted by Gasteiger charge is 2.39. The molecule has 0 N–H and O–H groups in total. The van der Waals surface area contributed by atoms with Crippen molar-refractivity contribution in [3.05, 3.63) is 71.8 Å². The molecule has 0 aromatic heterocycles. The van der Waals surface area contributed by atoms with E-state index in [1.165, 1.54) is 11.1 Å². The average molecular weight is 407 g/mol. The van der Waals surface area contributed by atoms with Gasteiger partial charge in [0, 0.05) is 26.2 Å². The van der Waals surface area contributed by atoms with Gasteiger partial charge in [-0.3, -0.25) is 4.90 Å². The molecule has 2 aliphatic heterocycles. The van der Waals surface area contributed by atoms with E-state index in [9.17, 15) is 4.79 Å². The number of nitrogens with zero attached hydrogens (tertiary/aromatic N) is 2. The summed E-state index contributed by atoms with van der Waals surface area (Å²) in [4.78, 5) is 20.3. The van der Waals surface area contributed by atoms with Gasteiger partial charge in [0.1, 0.15) is 0 Å². The first-order valence-electron chi connectivity index (χ1n) is 11.2. The molecule has 0 aliphatic carbocycles. The minimum atomic E-state index is -0.449. The molecule has 30 heavy (non-hydrogen) atoms. The van der Waals surface area contributed by atoms with Crippen molar-refractivity contribution in [1.82, 2.24) is 9.96 Å². The lowest BCUT2D eigenvalue weighted by molar-refractivity contribution is -0.207. The summed E-state index contributed by atoms with van der Waals surface area (Å²) in [6, 6.07) is 22.0. The van der Waals surface area contributed by atoms with Crippen LogP contribution in [-0.2, 0) is 9.63 Å². The SMILES string of the molecule is CC(C)(C)C(=O)ON1CCC(C2CN(C(c3ccccc3)c3ccccc3)C2)CC1. The van der Waals surface area contributed by atoms with Gasteiger partial charge >= 0.3 is 5.97 Å². The Balaban J connectivity index is 1.33. The lowest BCUT2D eigenvalue weighted by Gasteiger charge is -2.49. The molecule has 0 unspecified atom stereocenters. The summed E-state index contributed by atoms with van der Waals surface area (Å²) < 4.78 is 0. The van der Waals surface area contributed by atoms with Crippen molar-refractivity contribution in [2.45, 2.75) is 39.7 Å². The van der Waals surface area contributed by atoms with Crippen LogP contribution in [0.2, 0.25) is 0 Å². The second-order valence-corrected chi connectivity index (χ2v) is 9.83. The molecule has 2 heterocycles. The fraction of sp³-hybridized carbons (Fsp3) is 0.500. The van der Waals surface area contributed by atoms with Crippen LogP contribution < -0.4 is 0 Å². The van der Waals surface area contributed by atoms with Gasteiger partial charge in [-0.25, -0.2) is 4.79 Å². The first-order valence-corrected chi connectivity index (χ1v) is 11.2. The van der Waals surface area contributed by atoms with Crippen molar-refractivity contribution in [2.75, 3.05) is 26.2 Å². The molecular formula is C26H34N2O2. The zero-order chi connectivity index (χ0) is 21.1. The second kappa shape index (κ2) is 8.91. The van der Waals surface area contributed by atoms with Gasteiger partial charge in [0.05, 0.1) is 11.5 Å². The van der Waals surface area contributed by atoms with Crippen LogP contribution in [0.3, 0.4) is 0 Å². The summed E-state index contributed by atoms with van der Waals surface area (Å²) in [5, 5.41) is 1.87. The third kappa shape index (κ3) is 4.76.